The van der Waals surface area contributed by atoms with Gasteiger partial charge in [-0.1, -0.05) is 31.9 Å². The molecule has 110 valence electrons. The number of fused-ring (bicyclic) bond motifs is 1. The molecular weight excluding hydrogens is 246 g/mol. The zero-order valence-corrected chi connectivity index (χ0v) is 12.6. The molecule has 1 saturated heterocycles. The van der Waals surface area contributed by atoms with Crippen molar-refractivity contribution in [2.45, 2.75) is 64.0 Å². The second kappa shape index (κ2) is 6.17. The van der Waals surface area contributed by atoms with E-state index in [4.69, 9.17) is 0 Å². The summed E-state index contributed by atoms with van der Waals surface area (Å²) in [5.74, 6) is 0.915. The van der Waals surface area contributed by atoms with E-state index < -0.39 is 0 Å². The number of aliphatic hydroxyl groups is 1. The van der Waals surface area contributed by atoms with E-state index in [2.05, 4.69) is 29.2 Å². The minimum atomic E-state index is -0.312. The molecule has 0 aromatic heterocycles. The summed E-state index contributed by atoms with van der Waals surface area (Å²) in [4.78, 5) is 2.63. The van der Waals surface area contributed by atoms with Crippen LogP contribution in [0.15, 0.2) is 24.3 Å². The van der Waals surface area contributed by atoms with Crippen LogP contribution in [0.5, 0.6) is 0 Å². The van der Waals surface area contributed by atoms with E-state index in [1.807, 2.05) is 6.92 Å². The van der Waals surface area contributed by atoms with E-state index >= 15 is 0 Å². The zero-order chi connectivity index (χ0) is 13.9. The number of benzene rings is 1. The lowest BCUT2D eigenvalue weighted by molar-refractivity contribution is 0.173. The maximum atomic E-state index is 9.90. The first-order valence-electron chi connectivity index (χ1n) is 8.34. The highest BCUT2D eigenvalue weighted by Gasteiger charge is 2.33. The van der Waals surface area contributed by atoms with Gasteiger partial charge >= 0.3 is 0 Å². The minimum absolute atomic E-state index is 0.312. The molecule has 2 fully saturated rings. The maximum absolute atomic E-state index is 9.90. The summed E-state index contributed by atoms with van der Waals surface area (Å²) in [5, 5.41) is 9.90. The lowest BCUT2D eigenvalue weighted by Crippen LogP contribution is -2.46. The predicted molar refractivity (Wildman–Crippen MR) is 84.0 cm³/mol. The van der Waals surface area contributed by atoms with Gasteiger partial charge in [0.05, 0.1) is 6.10 Å². The number of hydrogen-bond donors (Lipinski definition) is 1. The Labute approximate surface area is 122 Å². The zero-order valence-electron chi connectivity index (χ0n) is 12.6. The molecule has 3 atom stereocenters. The van der Waals surface area contributed by atoms with E-state index in [-0.39, 0.29) is 6.10 Å². The number of nitrogens with zero attached hydrogens (tertiary/aromatic N) is 1. The van der Waals surface area contributed by atoms with E-state index in [9.17, 15) is 5.11 Å². The van der Waals surface area contributed by atoms with Crippen molar-refractivity contribution < 1.29 is 5.11 Å². The molecule has 1 aliphatic carbocycles. The summed E-state index contributed by atoms with van der Waals surface area (Å²) in [6, 6.07) is 9.40. The third kappa shape index (κ3) is 2.71. The third-order valence-electron chi connectivity index (χ3n) is 5.24. The van der Waals surface area contributed by atoms with Crippen molar-refractivity contribution in [1.82, 2.24) is 0 Å². The van der Waals surface area contributed by atoms with Crippen molar-refractivity contribution in [2.75, 3.05) is 11.4 Å². The minimum Gasteiger partial charge on any atom is -0.388 e. The summed E-state index contributed by atoms with van der Waals surface area (Å²) < 4.78 is 0. The van der Waals surface area contributed by atoms with Crippen LogP contribution >= 0.6 is 0 Å². The molecule has 0 bridgehead atoms. The normalized spacial score (nSPS) is 28.0. The standard InChI is InChI=1S/C18H27NO/c1-2-18(20)15-9-11-16(12-10-15)19-13-5-7-14-6-3-4-8-17(14)19/h9-12,14,17-18,20H,2-8,13H2,1H3/t14-,17-,18-/m1/s1. The lowest BCUT2D eigenvalue weighted by atomic mass is 9.78. The first-order chi connectivity index (χ1) is 9.79. The number of anilines is 1. The Hall–Kier alpha value is -1.02. The molecule has 1 saturated carbocycles. The van der Waals surface area contributed by atoms with Crippen LogP contribution in [-0.4, -0.2) is 17.7 Å². The predicted octanol–water partition coefficient (Wildman–Crippen LogP) is 4.29. The highest BCUT2D eigenvalue weighted by atomic mass is 16.3. The van der Waals surface area contributed by atoms with Gasteiger partial charge in [0.2, 0.25) is 0 Å². The van der Waals surface area contributed by atoms with Crippen LogP contribution in [0.3, 0.4) is 0 Å². The van der Waals surface area contributed by atoms with Gasteiger partial charge in [0, 0.05) is 18.3 Å². The molecule has 2 aliphatic rings. The maximum Gasteiger partial charge on any atom is 0.0787 e. The average molecular weight is 273 g/mol. The Morgan fingerprint density at radius 1 is 1.10 bits per heavy atom. The first-order valence-corrected chi connectivity index (χ1v) is 8.34. The Morgan fingerprint density at radius 2 is 1.80 bits per heavy atom. The van der Waals surface area contributed by atoms with Crippen molar-refractivity contribution in [3.63, 3.8) is 0 Å². The van der Waals surface area contributed by atoms with Gasteiger partial charge in [-0.15, -0.1) is 0 Å². The van der Waals surface area contributed by atoms with Crippen LogP contribution in [-0.2, 0) is 0 Å². The molecule has 0 amide bonds. The molecule has 20 heavy (non-hydrogen) atoms. The van der Waals surface area contributed by atoms with Crippen LogP contribution in [0, 0.1) is 5.92 Å². The molecule has 3 rings (SSSR count). The van der Waals surface area contributed by atoms with Crippen molar-refractivity contribution in [1.29, 1.82) is 0 Å². The molecule has 2 heteroatoms. The summed E-state index contributed by atoms with van der Waals surface area (Å²) in [7, 11) is 0. The third-order valence-corrected chi connectivity index (χ3v) is 5.24. The summed E-state index contributed by atoms with van der Waals surface area (Å²) >= 11 is 0. The van der Waals surface area contributed by atoms with Gasteiger partial charge in [-0.05, 0) is 55.7 Å². The average Bonchev–Trinajstić information content (AvgIpc) is 2.54. The highest BCUT2D eigenvalue weighted by molar-refractivity contribution is 5.49. The van der Waals surface area contributed by atoms with Crippen LogP contribution in [0.4, 0.5) is 5.69 Å². The summed E-state index contributed by atoms with van der Waals surface area (Å²) in [6.07, 6.45) is 8.84. The Bertz CT molecular complexity index is 426. The van der Waals surface area contributed by atoms with E-state index in [0.29, 0.717) is 0 Å². The molecule has 0 unspecified atom stereocenters. The van der Waals surface area contributed by atoms with Crippen LogP contribution in [0.25, 0.3) is 0 Å². The molecule has 1 aliphatic heterocycles. The molecule has 1 N–H and O–H groups in total. The summed E-state index contributed by atoms with van der Waals surface area (Å²) in [6.45, 7) is 3.23. The SMILES string of the molecule is CC[C@@H](O)c1ccc(N2CCC[C@H]3CCCC[C@H]32)cc1. The number of rotatable bonds is 3. The van der Waals surface area contributed by atoms with Gasteiger partial charge in [-0.2, -0.15) is 0 Å². The van der Waals surface area contributed by atoms with Crippen LogP contribution < -0.4 is 4.90 Å². The quantitative estimate of drug-likeness (QED) is 0.888. The van der Waals surface area contributed by atoms with E-state index in [1.54, 1.807) is 0 Å². The molecule has 1 aromatic carbocycles. The second-order valence-electron chi connectivity index (χ2n) is 6.46. The fourth-order valence-electron chi connectivity index (χ4n) is 4.07. The van der Waals surface area contributed by atoms with E-state index in [1.165, 1.54) is 50.8 Å². The number of hydrogen-bond acceptors (Lipinski definition) is 2. The smallest absolute Gasteiger partial charge is 0.0787 e. The fourth-order valence-corrected chi connectivity index (χ4v) is 4.07. The van der Waals surface area contributed by atoms with E-state index in [0.717, 1.165) is 23.9 Å². The summed E-state index contributed by atoms with van der Waals surface area (Å²) in [5.41, 5.74) is 2.40. The second-order valence-corrected chi connectivity index (χ2v) is 6.46. The van der Waals surface area contributed by atoms with Gasteiger partial charge in [0.15, 0.2) is 0 Å². The van der Waals surface area contributed by atoms with Crippen LogP contribution in [0.1, 0.15) is 63.5 Å². The van der Waals surface area contributed by atoms with Crippen LogP contribution in [0.2, 0.25) is 0 Å². The largest absolute Gasteiger partial charge is 0.388 e. The lowest BCUT2D eigenvalue weighted by Gasteiger charge is -2.45. The Morgan fingerprint density at radius 3 is 2.55 bits per heavy atom. The number of aliphatic hydroxyl groups excluding tert-OH is 1. The molecule has 2 nitrogen and oxygen atoms in total. The Balaban J connectivity index is 1.77. The number of piperidine rings is 1. The molecule has 1 heterocycles. The fraction of sp³-hybridized carbons (Fsp3) is 0.667. The van der Waals surface area contributed by atoms with Gasteiger partial charge in [0.1, 0.15) is 0 Å². The molecular formula is C18H27NO. The van der Waals surface area contributed by atoms with Crippen molar-refractivity contribution in [3.8, 4) is 0 Å². The molecule has 0 radical (unpaired) electrons. The van der Waals surface area contributed by atoms with Gasteiger partial charge < -0.3 is 10.0 Å². The molecule has 1 aromatic rings. The van der Waals surface area contributed by atoms with Gasteiger partial charge in [-0.25, -0.2) is 0 Å². The Kier molecular flexibility index (Phi) is 4.30. The topological polar surface area (TPSA) is 23.5 Å². The molecule has 0 spiro atoms. The van der Waals surface area contributed by atoms with Crippen molar-refractivity contribution >= 4 is 5.69 Å². The monoisotopic (exact) mass is 273 g/mol. The van der Waals surface area contributed by atoms with Crippen molar-refractivity contribution in [3.05, 3.63) is 29.8 Å². The van der Waals surface area contributed by atoms with Gasteiger partial charge in [0.25, 0.3) is 0 Å². The van der Waals surface area contributed by atoms with Gasteiger partial charge in [-0.3, -0.25) is 0 Å². The van der Waals surface area contributed by atoms with Crippen molar-refractivity contribution in [2.24, 2.45) is 5.92 Å². The first kappa shape index (κ1) is 13.9. The highest BCUT2D eigenvalue weighted by Crippen LogP contribution is 2.37.